The third kappa shape index (κ3) is 4.21. The number of benzene rings is 1. The van der Waals surface area contributed by atoms with Crippen LogP contribution in [0, 0.1) is 13.8 Å². The Labute approximate surface area is 129 Å². The molecule has 1 aliphatic heterocycles. The number of amides is 1. The second-order valence-electron chi connectivity index (χ2n) is 5.40. The van der Waals surface area contributed by atoms with Gasteiger partial charge in [0.15, 0.2) is 6.10 Å². The number of carboxylic acid groups (broad SMARTS) is 1. The number of nitrogens with zero attached hydrogens (tertiary/aromatic N) is 1. The number of rotatable bonds is 5. The molecule has 1 atom stereocenters. The van der Waals surface area contributed by atoms with Crippen LogP contribution in [0.25, 0.3) is 0 Å². The number of carboxylic acids is 1. The number of hydrogen-bond donors (Lipinski definition) is 1. The molecule has 0 saturated carbocycles. The minimum Gasteiger partial charge on any atom is -0.493 e. The average Bonchev–Trinajstić information content (AvgIpc) is 2.49. The molecule has 1 aromatic rings. The summed E-state index contributed by atoms with van der Waals surface area (Å²) < 4.78 is 10.7. The molecule has 6 heteroatoms. The number of morpholine rings is 1. The Hall–Kier alpha value is -2.08. The van der Waals surface area contributed by atoms with E-state index in [1.54, 1.807) is 0 Å². The zero-order valence-electron chi connectivity index (χ0n) is 12.9. The van der Waals surface area contributed by atoms with Crippen molar-refractivity contribution in [2.75, 3.05) is 26.3 Å². The van der Waals surface area contributed by atoms with Crippen molar-refractivity contribution in [3.8, 4) is 5.75 Å². The molecular weight excluding hydrogens is 286 g/mol. The van der Waals surface area contributed by atoms with E-state index in [1.807, 2.05) is 32.0 Å². The van der Waals surface area contributed by atoms with Gasteiger partial charge in [0, 0.05) is 6.54 Å². The fraction of sp³-hybridized carbons (Fsp3) is 0.500. The normalized spacial score (nSPS) is 18.1. The summed E-state index contributed by atoms with van der Waals surface area (Å²) in [4.78, 5) is 24.5. The first-order valence-corrected chi connectivity index (χ1v) is 7.29. The topological polar surface area (TPSA) is 76.1 Å². The Morgan fingerprint density at radius 1 is 1.41 bits per heavy atom. The first-order valence-electron chi connectivity index (χ1n) is 7.29. The average molecular weight is 307 g/mol. The maximum absolute atomic E-state index is 12.1. The third-order valence-electron chi connectivity index (χ3n) is 3.60. The molecule has 0 bridgehead atoms. The second kappa shape index (κ2) is 7.26. The highest BCUT2D eigenvalue weighted by atomic mass is 16.5. The van der Waals surface area contributed by atoms with Crippen LogP contribution in [-0.2, 0) is 14.3 Å². The molecule has 1 saturated heterocycles. The van der Waals surface area contributed by atoms with E-state index in [2.05, 4.69) is 0 Å². The zero-order valence-corrected chi connectivity index (χ0v) is 12.9. The van der Waals surface area contributed by atoms with Gasteiger partial charge in [0.05, 0.1) is 26.2 Å². The van der Waals surface area contributed by atoms with Crippen LogP contribution in [0.5, 0.6) is 5.75 Å². The molecule has 0 aliphatic carbocycles. The predicted molar refractivity (Wildman–Crippen MR) is 80.0 cm³/mol. The van der Waals surface area contributed by atoms with Crippen molar-refractivity contribution in [2.24, 2.45) is 0 Å². The minimum atomic E-state index is -1.04. The van der Waals surface area contributed by atoms with Crippen molar-refractivity contribution >= 4 is 11.9 Å². The molecule has 1 amide bonds. The van der Waals surface area contributed by atoms with Crippen LogP contribution in [-0.4, -0.2) is 54.3 Å². The van der Waals surface area contributed by atoms with Gasteiger partial charge in [-0.2, -0.15) is 0 Å². The van der Waals surface area contributed by atoms with Gasteiger partial charge >= 0.3 is 5.97 Å². The summed E-state index contributed by atoms with van der Waals surface area (Å²) in [6, 6.07) is 5.88. The second-order valence-corrected chi connectivity index (χ2v) is 5.40. The highest BCUT2D eigenvalue weighted by Gasteiger charge is 2.28. The lowest BCUT2D eigenvalue weighted by Gasteiger charge is -2.30. The number of ether oxygens (including phenoxy) is 2. The van der Waals surface area contributed by atoms with Gasteiger partial charge in [-0.05, 0) is 25.5 Å². The molecule has 1 fully saturated rings. The SMILES string of the molecule is Cc1ccc(OCCC(=O)N2CCOC(C(=O)O)C2)c(C)c1. The molecule has 120 valence electrons. The fourth-order valence-corrected chi connectivity index (χ4v) is 2.39. The lowest BCUT2D eigenvalue weighted by atomic mass is 10.1. The lowest BCUT2D eigenvalue weighted by molar-refractivity contribution is -0.159. The van der Waals surface area contributed by atoms with E-state index < -0.39 is 12.1 Å². The summed E-state index contributed by atoms with van der Waals surface area (Å²) in [6.07, 6.45) is -0.711. The van der Waals surface area contributed by atoms with Gasteiger partial charge in [0.2, 0.25) is 5.91 Å². The molecule has 6 nitrogen and oxygen atoms in total. The van der Waals surface area contributed by atoms with Gasteiger partial charge in [0.25, 0.3) is 0 Å². The van der Waals surface area contributed by atoms with E-state index >= 15 is 0 Å². The summed E-state index contributed by atoms with van der Waals surface area (Å²) in [7, 11) is 0. The van der Waals surface area contributed by atoms with Gasteiger partial charge in [-0.15, -0.1) is 0 Å². The van der Waals surface area contributed by atoms with Crippen LogP contribution in [0.4, 0.5) is 0 Å². The molecule has 22 heavy (non-hydrogen) atoms. The predicted octanol–water partition coefficient (Wildman–Crippen LogP) is 1.38. The maximum Gasteiger partial charge on any atom is 0.334 e. The quantitative estimate of drug-likeness (QED) is 0.889. The van der Waals surface area contributed by atoms with Crippen molar-refractivity contribution in [3.63, 3.8) is 0 Å². The Morgan fingerprint density at radius 2 is 2.18 bits per heavy atom. The van der Waals surface area contributed by atoms with Crippen molar-refractivity contribution < 1.29 is 24.2 Å². The van der Waals surface area contributed by atoms with Crippen molar-refractivity contribution in [3.05, 3.63) is 29.3 Å². The number of aryl methyl sites for hydroxylation is 2. The molecule has 1 unspecified atom stereocenters. The Morgan fingerprint density at radius 3 is 2.86 bits per heavy atom. The summed E-state index contributed by atoms with van der Waals surface area (Å²) in [5.74, 6) is -0.382. The Bertz CT molecular complexity index is 557. The fourth-order valence-electron chi connectivity index (χ4n) is 2.39. The van der Waals surface area contributed by atoms with E-state index in [0.717, 1.165) is 16.9 Å². The van der Waals surface area contributed by atoms with Crippen LogP contribution < -0.4 is 4.74 Å². The number of carbonyl (C=O) groups is 2. The molecular formula is C16H21NO5. The Balaban J connectivity index is 1.81. The van der Waals surface area contributed by atoms with E-state index in [9.17, 15) is 9.59 Å². The smallest absolute Gasteiger partial charge is 0.334 e. The van der Waals surface area contributed by atoms with Crippen LogP contribution in [0.2, 0.25) is 0 Å². The van der Waals surface area contributed by atoms with Gasteiger partial charge in [-0.25, -0.2) is 4.79 Å². The summed E-state index contributed by atoms with van der Waals surface area (Å²) in [5, 5.41) is 8.93. The van der Waals surface area contributed by atoms with Crippen molar-refractivity contribution in [2.45, 2.75) is 26.4 Å². The monoisotopic (exact) mass is 307 g/mol. The third-order valence-corrected chi connectivity index (χ3v) is 3.60. The number of carbonyl (C=O) groups excluding carboxylic acids is 1. The molecule has 0 spiro atoms. The summed E-state index contributed by atoms with van der Waals surface area (Å²) >= 11 is 0. The molecule has 1 heterocycles. The molecule has 1 aliphatic rings. The van der Waals surface area contributed by atoms with Crippen molar-refractivity contribution in [1.82, 2.24) is 4.90 Å². The highest BCUT2D eigenvalue weighted by molar-refractivity contribution is 5.78. The van der Waals surface area contributed by atoms with Crippen molar-refractivity contribution in [1.29, 1.82) is 0 Å². The van der Waals surface area contributed by atoms with Gasteiger partial charge < -0.3 is 19.5 Å². The lowest BCUT2D eigenvalue weighted by Crippen LogP contribution is -2.48. The largest absolute Gasteiger partial charge is 0.493 e. The molecule has 0 radical (unpaired) electrons. The van der Waals surface area contributed by atoms with Crippen LogP contribution in [0.15, 0.2) is 18.2 Å². The highest BCUT2D eigenvalue weighted by Crippen LogP contribution is 2.19. The van der Waals surface area contributed by atoms with Crippen LogP contribution in [0.1, 0.15) is 17.5 Å². The molecule has 1 N–H and O–H groups in total. The molecule has 2 rings (SSSR count). The van der Waals surface area contributed by atoms with Crippen LogP contribution in [0.3, 0.4) is 0 Å². The number of hydrogen-bond acceptors (Lipinski definition) is 4. The molecule has 1 aromatic carbocycles. The zero-order chi connectivity index (χ0) is 16.1. The first-order chi connectivity index (χ1) is 10.5. The standard InChI is InChI=1S/C16H21NO5/c1-11-3-4-13(12(2)9-11)21-7-5-15(18)17-6-8-22-14(10-17)16(19)20/h3-4,9,14H,5-8,10H2,1-2H3,(H,19,20). The van der Waals surface area contributed by atoms with Crippen LogP contribution >= 0.6 is 0 Å². The first kappa shape index (κ1) is 16.3. The van der Waals surface area contributed by atoms with E-state index in [1.165, 1.54) is 4.90 Å². The van der Waals surface area contributed by atoms with Gasteiger partial charge in [-0.3, -0.25) is 4.79 Å². The summed E-state index contributed by atoms with van der Waals surface area (Å²) in [6.45, 7) is 5.02. The van der Waals surface area contributed by atoms with E-state index in [0.29, 0.717) is 6.54 Å². The number of aliphatic carboxylic acids is 1. The van der Waals surface area contributed by atoms with Gasteiger partial charge in [0.1, 0.15) is 5.75 Å². The van der Waals surface area contributed by atoms with E-state index in [-0.39, 0.29) is 32.1 Å². The summed E-state index contributed by atoms with van der Waals surface area (Å²) in [5.41, 5.74) is 2.19. The maximum atomic E-state index is 12.1. The minimum absolute atomic E-state index is 0.0950. The Kier molecular flexibility index (Phi) is 5.38. The van der Waals surface area contributed by atoms with E-state index in [4.69, 9.17) is 14.6 Å². The molecule has 0 aromatic heterocycles. The van der Waals surface area contributed by atoms with Gasteiger partial charge in [-0.1, -0.05) is 17.7 Å².